The Hall–Kier alpha value is -1.55. The average Bonchev–Trinajstić information content (AvgIpc) is 2.60. The number of ether oxygens (including phenoxy) is 1. The minimum atomic E-state index is -0.102. The summed E-state index contributed by atoms with van der Waals surface area (Å²) < 4.78 is 5.55. The summed E-state index contributed by atoms with van der Waals surface area (Å²) in [6, 6.07) is 5.04. The van der Waals surface area contributed by atoms with Crippen LogP contribution in [0.5, 0.6) is 5.75 Å². The second-order valence-electron chi connectivity index (χ2n) is 3.88. The summed E-state index contributed by atoms with van der Waals surface area (Å²) in [5, 5.41) is 9.34. The van der Waals surface area contributed by atoms with Crippen LogP contribution in [0.4, 0.5) is 5.69 Å². The van der Waals surface area contributed by atoms with Crippen molar-refractivity contribution in [3.05, 3.63) is 23.8 Å². The maximum atomic E-state index is 11.6. The molecule has 2 heterocycles. The molecule has 0 aromatic heterocycles. The van der Waals surface area contributed by atoms with Crippen LogP contribution >= 0.6 is 0 Å². The molecule has 1 N–H and O–H groups in total. The maximum Gasteiger partial charge on any atom is 0.229 e. The SMILES string of the molecule is O=C1CCC2OCc3cc(O)ccc3N12. The van der Waals surface area contributed by atoms with Crippen molar-refractivity contribution in [2.24, 2.45) is 0 Å². The molecule has 0 spiro atoms. The van der Waals surface area contributed by atoms with Crippen LogP contribution in [0.25, 0.3) is 0 Å². The maximum absolute atomic E-state index is 11.6. The summed E-state index contributed by atoms with van der Waals surface area (Å²) in [6.45, 7) is 0.470. The molecular weight excluding hydrogens is 194 g/mol. The molecule has 0 radical (unpaired) electrons. The number of phenols is 1. The van der Waals surface area contributed by atoms with Crippen LogP contribution < -0.4 is 4.90 Å². The number of amides is 1. The molecule has 15 heavy (non-hydrogen) atoms. The fraction of sp³-hybridized carbons (Fsp3) is 0.364. The van der Waals surface area contributed by atoms with E-state index < -0.39 is 0 Å². The summed E-state index contributed by atoms with van der Waals surface area (Å²) >= 11 is 0. The molecule has 2 aliphatic heterocycles. The average molecular weight is 205 g/mol. The van der Waals surface area contributed by atoms with Crippen molar-refractivity contribution in [1.29, 1.82) is 0 Å². The van der Waals surface area contributed by atoms with E-state index in [1.54, 1.807) is 23.1 Å². The molecule has 3 rings (SSSR count). The molecule has 1 unspecified atom stereocenters. The van der Waals surface area contributed by atoms with E-state index in [0.29, 0.717) is 13.0 Å². The number of rotatable bonds is 0. The highest BCUT2D eigenvalue weighted by Crippen LogP contribution is 2.36. The van der Waals surface area contributed by atoms with E-state index >= 15 is 0 Å². The molecule has 4 heteroatoms. The van der Waals surface area contributed by atoms with Crippen LogP contribution in [0.15, 0.2) is 18.2 Å². The first-order valence-electron chi connectivity index (χ1n) is 5.01. The molecule has 4 nitrogen and oxygen atoms in total. The first-order valence-corrected chi connectivity index (χ1v) is 5.01. The Balaban J connectivity index is 2.10. The van der Waals surface area contributed by atoms with Crippen LogP contribution in [0.3, 0.4) is 0 Å². The molecule has 1 fully saturated rings. The van der Waals surface area contributed by atoms with Gasteiger partial charge in [-0.05, 0) is 18.2 Å². The fourth-order valence-corrected chi connectivity index (χ4v) is 2.21. The van der Waals surface area contributed by atoms with Gasteiger partial charge in [0.25, 0.3) is 0 Å². The molecule has 0 bridgehead atoms. The van der Waals surface area contributed by atoms with Crippen LogP contribution in [0.2, 0.25) is 0 Å². The largest absolute Gasteiger partial charge is 0.508 e. The van der Waals surface area contributed by atoms with Gasteiger partial charge in [0.15, 0.2) is 0 Å². The molecule has 0 aliphatic carbocycles. The Morgan fingerprint density at radius 2 is 2.33 bits per heavy atom. The lowest BCUT2D eigenvalue weighted by Gasteiger charge is -2.31. The van der Waals surface area contributed by atoms with Crippen molar-refractivity contribution in [3.63, 3.8) is 0 Å². The third-order valence-corrected chi connectivity index (χ3v) is 2.92. The van der Waals surface area contributed by atoms with Gasteiger partial charge in [-0.25, -0.2) is 0 Å². The Labute approximate surface area is 87.1 Å². The van der Waals surface area contributed by atoms with Gasteiger partial charge in [-0.15, -0.1) is 0 Å². The van der Waals surface area contributed by atoms with E-state index in [1.807, 2.05) is 0 Å². The Morgan fingerprint density at radius 3 is 3.20 bits per heavy atom. The number of hydrogen-bond acceptors (Lipinski definition) is 3. The van der Waals surface area contributed by atoms with Gasteiger partial charge in [0.1, 0.15) is 12.0 Å². The number of anilines is 1. The van der Waals surface area contributed by atoms with Gasteiger partial charge in [-0.1, -0.05) is 0 Å². The van der Waals surface area contributed by atoms with E-state index in [2.05, 4.69) is 0 Å². The zero-order valence-corrected chi connectivity index (χ0v) is 8.14. The number of hydrogen-bond donors (Lipinski definition) is 1. The zero-order valence-electron chi connectivity index (χ0n) is 8.14. The van der Waals surface area contributed by atoms with Crippen LogP contribution in [-0.4, -0.2) is 17.2 Å². The number of fused-ring (bicyclic) bond motifs is 3. The van der Waals surface area contributed by atoms with Crippen molar-refractivity contribution in [3.8, 4) is 5.75 Å². The van der Waals surface area contributed by atoms with Crippen LogP contribution in [0.1, 0.15) is 18.4 Å². The minimum Gasteiger partial charge on any atom is -0.508 e. The highest BCUT2D eigenvalue weighted by Gasteiger charge is 2.37. The second-order valence-corrected chi connectivity index (χ2v) is 3.88. The Bertz CT molecular complexity index is 430. The molecule has 78 valence electrons. The van der Waals surface area contributed by atoms with E-state index in [4.69, 9.17) is 4.74 Å². The fourth-order valence-electron chi connectivity index (χ4n) is 2.21. The molecule has 1 saturated heterocycles. The first kappa shape index (κ1) is 8.73. The second kappa shape index (κ2) is 2.97. The van der Waals surface area contributed by atoms with Crippen molar-refractivity contribution in [2.75, 3.05) is 4.90 Å². The number of phenolic OH excluding ortho intramolecular Hbond substituents is 1. The van der Waals surface area contributed by atoms with Crippen molar-refractivity contribution >= 4 is 11.6 Å². The summed E-state index contributed by atoms with van der Waals surface area (Å²) in [7, 11) is 0. The van der Waals surface area contributed by atoms with Gasteiger partial charge in [-0.3, -0.25) is 9.69 Å². The van der Waals surface area contributed by atoms with Gasteiger partial charge < -0.3 is 9.84 Å². The lowest BCUT2D eigenvalue weighted by atomic mass is 10.1. The van der Waals surface area contributed by atoms with Gasteiger partial charge in [0.2, 0.25) is 5.91 Å². The molecule has 2 aliphatic rings. The predicted molar refractivity (Wildman–Crippen MR) is 53.4 cm³/mol. The quantitative estimate of drug-likeness (QED) is 0.696. The molecule has 1 aromatic carbocycles. The summed E-state index contributed by atoms with van der Waals surface area (Å²) in [5.41, 5.74) is 1.76. The Kier molecular flexibility index (Phi) is 1.73. The normalized spacial score (nSPS) is 23.9. The van der Waals surface area contributed by atoms with E-state index in [-0.39, 0.29) is 17.9 Å². The van der Waals surface area contributed by atoms with E-state index in [1.165, 1.54) is 0 Å². The minimum absolute atomic E-state index is 0.102. The third kappa shape index (κ3) is 1.22. The molecule has 0 saturated carbocycles. The summed E-state index contributed by atoms with van der Waals surface area (Å²) in [5.74, 6) is 0.314. The van der Waals surface area contributed by atoms with Crippen molar-refractivity contribution < 1.29 is 14.6 Å². The number of carbonyl (C=O) groups is 1. The van der Waals surface area contributed by atoms with Gasteiger partial charge in [-0.2, -0.15) is 0 Å². The third-order valence-electron chi connectivity index (χ3n) is 2.92. The standard InChI is InChI=1S/C11H11NO3/c13-8-1-2-9-7(5-8)6-15-11-4-3-10(14)12(9)11/h1-2,5,11,13H,3-4,6H2. The topological polar surface area (TPSA) is 49.8 Å². The molecular formula is C11H11NO3. The van der Waals surface area contributed by atoms with Gasteiger partial charge >= 0.3 is 0 Å². The van der Waals surface area contributed by atoms with Crippen molar-refractivity contribution in [2.45, 2.75) is 25.7 Å². The van der Waals surface area contributed by atoms with E-state index in [0.717, 1.165) is 17.7 Å². The summed E-state index contributed by atoms with van der Waals surface area (Å²) in [6.07, 6.45) is 1.21. The molecule has 1 atom stereocenters. The van der Waals surface area contributed by atoms with Gasteiger partial charge in [0, 0.05) is 18.4 Å². The predicted octanol–water partition coefficient (Wildman–Crippen LogP) is 1.38. The first-order chi connectivity index (χ1) is 7.25. The summed E-state index contributed by atoms with van der Waals surface area (Å²) in [4.78, 5) is 13.3. The van der Waals surface area contributed by atoms with Crippen LogP contribution in [0, 0.1) is 0 Å². The highest BCUT2D eigenvalue weighted by atomic mass is 16.5. The number of aromatic hydroxyl groups is 1. The molecule has 1 aromatic rings. The van der Waals surface area contributed by atoms with Crippen molar-refractivity contribution in [1.82, 2.24) is 0 Å². The number of carbonyl (C=O) groups excluding carboxylic acids is 1. The number of benzene rings is 1. The Morgan fingerprint density at radius 1 is 1.47 bits per heavy atom. The number of nitrogens with zero attached hydrogens (tertiary/aromatic N) is 1. The monoisotopic (exact) mass is 205 g/mol. The smallest absolute Gasteiger partial charge is 0.229 e. The highest BCUT2D eigenvalue weighted by molar-refractivity contribution is 5.97. The van der Waals surface area contributed by atoms with E-state index in [9.17, 15) is 9.90 Å². The van der Waals surface area contributed by atoms with Gasteiger partial charge in [0.05, 0.1) is 12.3 Å². The zero-order chi connectivity index (χ0) is 10.4. The lowest BCUT2D eigenvalue weighted by molar-refractivity contribution is -0.118. The lowest BCUT2D eigenvalue weighted by Crippen LogP contribution is -2.38. The molecule has 1 amide bonds. The van der Waals surface area contributed by atoms with Crippen LogP contribution in [-0.2, 0) is 16.1 Å².